The van der Waals surface area contributed by atoms with Gasteiger partial charge in [-0.05, 0) is 27.2 Å². The summed E-state index contributed by atoms with van der Waals surface area (Å²) >= 11 is 0. The van der Waals surface area contributed by atoms with E-state index >= 15 is 0 Å². The first kappa shape index (κ1) is 10.7. The number of likely N-dealkylation sites (tertiary alicyclic amines) is 1. The van der Waals surface area contributed by atoms with Crippen molar-refractivity contribution in [2.45, 2.75) is 58.5 Å². The van der Waals surface area contributed by atoms with Gasteiger partial charge in [0.1, 0.15) is 5.78 Å². The molecule has 1 rings (SSSR count). The van der Waals surface area contributed by atoms with Gasteiger partial charge in [0.05, 0.1) is 0 Å². The molecule has 0 aromatic heterocycles. The SMILES string of the molecule is CCC(C)(C)N1CCC(=O)CC1C. The van der Waals surface area contributed by atoms with Crippen LogP contribution in [0.5, 0.6) is 0 Å². The molecule has 0 saturated carbocycles. The van der Waals surface area contributed by atoms with Crippen LogP contribution in [-0.2, 0) is 4.79 Å². The van der Waals surface area contributed by atoms with Crippen LogP contribution in [0.25, 0.3) is 0 Å². The van der Waals surface area contributed by atoms with Gasteiger partial charge in [-0.1, -0.05) is 6.92 Å². The first-order valence-electron chi connectivity index (χ1n) is 5.26. The fourth-order valence-electron chi connectivity index (χ4n) is 2.11. The molecule has 0 aromatic carbocycles. The average molecular weight is 183 g/mol. The number of Topliss-reactive ketones (excluding diaryl/α,β-unsaturated/α-hetero) is 1. The van der Waals surface area contributed by atoms with E-state index < -0.39 is 0 Å². The molecule has 0 N–H and O–H groups in total. The van der Waals surface area contributed by atoms with Gasteiger partial charge < -0.3 is 0 Å². The summed E-state index contributed by atoms with van der Waals surface area (Å²) in [7, 11) is 0. The second kappa shape index (κ2) is 3.79. The highest BCUT2D eigenvalue weighted by atomic mass is 16.1. The minimum atomic E-state index is 0.250. The van der Waals surface area contributed by atoms with Crippen molar-refractivity contribution in [3.8, 4) is 0 Å². The van der Waals surface area contributed by atoms with Crippen molar-refractivity contribution in [3.05, 3.63) is 0 Å². The standard InChI is InChI=1S/C11H21NO/c1-5-11(3,4)12-7-6-10(13)8-9(12)2/h9H,5-8H2,1-4H3. The zero-order valence-corrected chi connectivity index (χ0v) is 9.26. The molecule has 2 heteroatoms. The minimum absolute atomic E-state index is 0.250. The maximum atomic E-state index is 11.2. The quantitative estimate of drug-likeness (QED) is 0.654. The van der Waals surface area contributed by atoms with Crippen molar-refractivity contribution >= 4 is 5.78 Å². The second-order valence-electron chi connectivity index (χ2n) is 4.70. The van der Waals surface area contributed by atoms with Gasteiger partial charge in [-0.15, -0.1) is 0 Å². The fraction of sp³-hybridized carbons (Fsp3) is 0.909. The van der Waals surface area contributed by atoms with Crippen molar-refractivity contribution in [1.29, 1.82) is 0 Å². The maximum absolute atomic E-state index is 11.2. The lowest BCUT2D eigenvalue weighted by molar-refractivity contribution is -0.124. The summed E-state index contributed by atoms with van der Waals surface area (Å²) in [5.41, 5.74) is 0.250. The first-order valence-corrected chi connectivity index (χ1v) is 5.26. The molecule has 1 aliphatic heterocycles. The van der Waals surface area contributed by atoms with Crippen LogP contribution in [0.2, 0.25) is 0 Å². The summed E-state index contributed by atoms with van der Waals surface area (Å²) in [6, 6.07) is 0.427. The molecule has 13 heavy (non-hydrogen) atoms. The van der Waals surface area contributed by atoms with Gasteiger partial charge in [0, 0.05) is 31.0 Å². The Morgan fingerprint density at radius 2 is 2.15 bits per heavy atom. The van der Waals surface area contributed by atoms with E-state index in [0.29, 0.717) is 11.8 Å². The van der Waals surface area contributed by atoms with Crippen molar-refractivity contribution in [2.24, 2.45) is 0 Å². The third-order valence-corrected chi connectivity index (χ3v) is 3.33. The minimum Gasteiger partial charge on any atom is -0.300 e. The van der Waals surface area contributed by atoms with Crippen LogP contribution in [-0.4, -0.2) is 28.8 Å². The molecule has 1 aliphatic rings. The number of rotatable bonds is 2. The van der Waals surface area contributed by atoms with Crippen LogP contribution < -0.4 is 0 Å². The molecule has 0 amide bonds. The molecule has 1 fully saturated rings. The number of carbonyl (C=O) groups excluding carboxylic acids is 1. The predicted molar refractivity (Wildman–Crippen MR) is 54.8 cm³/mol. The monoisotopic (exact) mass is 183 g/mol. The molecule has 1 atom stereocenters. The number of ketones is 1. The summed E-state index contributed by atoms with van der Waals surface area (Å²) in [6.45, 7) is 9.84. The molecule has 1 heterocycles. The molecule has 0 aromatic rings. The van der Waals surface area contributed by atoms with Crippen LogP contribution in [0.1, 0.15) is 47.0 Å². The van der Waals surface area contributed by atoms with Crippen LogP contribution in [0, 0.1) is 0 Å². The van der Waals surface area contributed by atoms with E-state index in [1.54, 1.807) is 0 Å². The summed E-state index contributed by atoms with van der Waals surface area (Å²) < 4.78 is 0. The second-order valence-corrected chi connectivity index (χ2v) is 4.70. The van der Waals surface area contributed by atoms with Crippen molar-refractivity contribution in [3.63, 3.8) is 0 Å². The topological polar surface area (TPSA) is 20.3 Å². The highest BCUT2D eigenvalue weighted by Crippen LogP contribution is 2.26. The molecular formula is C11H21NO. The van der Waals surface area contributed by atoms with Crippen molar-refractivity contribution in [2.75, 3.05) is 6.54 Å². The fourth-order valence-corrected chi connectivity index (χ4v) is 2.11. The number of piperidine rings is 1. The zero-order chi connectivity index (χ0) is 10.1. The summed E-state index contributed by atoms with van der Waals surface area (Å²) in [5, 5.41) is 0. The molecule has 0 radical (unpaired) electrons. The van der Waals surface area contributed by atoms with Crippen LogP contribution >= 0.6 is 0 Å². The number of hydrogen-bond donors (Lipinski definition) is 0. The summed E-state index contributed by atoms with van der Waals surface area (Å²) in [4.78, 5) is 13.7. The zero-order valence-electron chi connectivity index (χ0n) is 9.26. The molecule has 76 valence electrons. The highest BCUT2D eigenvalue weighted by Gasteiger charge is 2.32. The predicted octanol–water partition coefficient (Wildman–Crippen LogP) is 2.23. The number of hydrogen-bond acceptors (Lipinski definition) is 2. The Morgan fingerprint density at radius 3 is 2.62 bits per heavy atom. The lowest BCUT2D eigenvalue weighted by Crippen LogP contribution is -2.52. The third-order valence-electron chi connectivity index (χ3n) is 3.33. The van der Waals surface area contributed by atoms with Gasteiger partial charge >= 0.3 is 0 Å². The maximum Gasteiger partial charge on any atom is 0.135 e. The van der Waals surface area contributed by atoms with Gasteiger partial charge in [-0.3, -0.25) is 9.69 Å². The van der Waals surface area contributed by atoms with Crippen LogP contribution in [0.4, 0.5) is 0 Å². The Labute approximate surface area is 81.3 Å². The molecular weight excluding hydrogens is 162 g/mol. The van der Waals surface area contributed by atoms with E-state index in [4.69, 9.17) is 0 Å². The number of carbonyl (C=O) groups is 1. The Hall–Kier alpha value is -0.370. The smallest absolute Gasteiger partial charge is 0.135 e. The Bertz CT molecular complexity index is 198. The normalized spacial score (nSPS) is 26.5. The Morgan fingerprint density at radius 1 is 1.54 bits per heavy atom. The largest absolute Gasteiger partial charge is 0.300 e. The third kappa shape index (κ3) is 2.31. The van der Waals surface area contributed by atoms with E-state index in [2.05, 4.69) is 32.6 Å². The van der Waals surface area contributed by atoms with E-state index in [-0.39, 0.29) is 5.54 Å². The molecule has 0 bridgehead atoms. The molecule has 0 spiro atoms. The Balaban J connectivity index is 2.65. The molecule has 1 unspecified atom stereocenters. The van der Waals surface area contributed by atoms with E-state index in [9.17, 15) is 4.79 Å². The van der Waals surface area contributed by atoms with Crippen LogP contribution in [0.3, 0.4) is 0 Å². The lowest BCUT2D eigenvalue weighted by Gasteiger charge is -2.44. The van der Waals surface area contributed by atoms with Gasteiger partial charge in [0.2, 0.25) is 0 Å². The van der Waals surface area contributed by atoms with Gasteiger partial charge in [0.25, 0.3) is 0 Å². The highest BCUT2D eigenvalue weighted by molar-refractivity contribution is 5.79. The molecule has 1 saturated heterocycles. The lowest BCUT2D eigenvalue weighted by atomic mass is 9.92. The van der Waals surface area contributed by atoms with Gasteiger partial charge in [-0.25, -0.2) is 0 Å². The average Bonchev–Trinajstić information content (AvgIpc) is 2.03. The van der Waals surface area contributed by atoms with Crippen LogP contribution in [0.15, 0.2) is 0 Å². The first-order chi connectivity index (χ1) is 5.97. The number of nitrogens with zero attached hydrogens (tertiary/aromatic N) is 1. The van der Waals surface area contributed by atoms with Crippen molar-refractivity contribution < 1.29 is 4.79 Å². The van der Waals surface area contributed by atoms with Gasteiger partial charge in [-0.2, -0.15) is 0 Å². The van der Waals surface area contributed by atoms with Gasteiger partial charge in [0.15, 0.2) is 0 Å². The Kier molecular flexibility index (Phi) is 3.12. The molecule has 2 nitrogen and oxygen atoms in total. The van der Waals surface area contributed by atoms with E-state index in [1.807, 2.05) is 0 Å². The summed E-state index contributed by atoms with van der Waals surface area (Å²) in [5.74, 6) is 0.427. The van der Waals surface area contributed by atoms with E-state index in [1.165, 1.54) is 0 Å². The molecule has 0 aliphatic carbocycles. The summed E-state index contributed by atoms with van der Waals surface area (Å²) in [6.07, 6.45) is 2.63. The van der Waals surface area contributed by atoms with E-state index in [0.717, 1.165) is 25.8 Å². The van der Waals surface area contributed by atoms with Crippen molar-refractivity contribution in [1.82, 2.24) is 4.90 Å².